The molecular weight excluding hydrogens is 352 g/mol. The molecule has 3 aromatic rings. The smallest absolute Gasteiger partial charge is 0.339 e. The fourth-order valence-electron chi connectivity index (χ4n) is 1.97. The number of hydrogen-bond donors (Lipinski definition) is 3. The molecule has 5 N–H and O–H groups in total. The summed E-state index contributed by atoms with van der Waals surface area (Å²) in [4.78, 5) is 0.121. The highest BCUT2D eigenvalue weighted by molar-refractivity contribution is 7.87. The average molecular weight is 372 g/mol. The summed E-state index contributed by atoms with van der Waals surface area (Å²) in [5.41, 5.74) is 12.9. The van der Waals surface area contributed by atoms with Crippen molar-refractivity contribution in [3.63, 3.8) is 0 Å². The maximum Gasteiger partial charge on any atom is 0.339 e. The van der Waals surface area contributed by atoms with Crippen LogP contribution in [0.2, 0.25) is 0 Å². The zero-order valence-corrected chi connectivity index (χ0v) is 15.0. The van der Waals surface area contributed by atoms with E-state index in [4.69, 9.17) is 20.8 Å². The minimum atomic E-state index is -3.80. The van der Waals surface area contributed by atoms with Crippen molar-refractivity contribution in [1.82, 2.24) is 0 Å². The molecule has 0 saturated carbocycles. The first-order valence-electron chi connectivity index (χ1n) is 7.67. The van der Waals surface area contributed by atoms with E-state index >= 15 is 0 Å². The highest BCUT2D eigenvalue weighted by atomic mass is 32.2. The van der Waals surface area contributed by atoms with Gasteiger partial charge in [-0.15, -0.1) is 0 Å². The molecule has 6 nitrogen and oxygen atoms in total. The number of hydrogen-bond acceptors (Lipinski definition) is 6. The van der Waals surface area contributed by atoms with Crippen LogP contribution in [0.1, 0.15) is 5.56 Å². The van der Waals surface area contributed by atoms with Gasteiger partial charge in [0.05, 0.1) is 0 Å². The zero-order chi connectivity index (χ0) is 19.2. The van der Waals surface area contributed by atoms with Crippen LogP contribution < -0.4 is 15.7 Å². The molecule has 0 aliphatic rings. The van der Waals surface area contributed by atoms with Gasteiger partial charge in [-0.25, -0.2) is 0 Å². The number of nitrogens with two attached hydrogens (primary N) is 2. The van der Waals surface area contributed by atoms with Crippen molar-refractivity contribution < 1.29 is 17.7 Å². The van der Waals surface area contributed by atoms with Crippen LogP contribution >= 0.6 is 0 Å². The predicted molar refractivity (Wildman–Crippen MR) is 102 cm³/mol. The van der Waals surface area contributed by atoms with Gasteiger partial charge >= 0.3 is 10.1 Å². The van der Waals surface area contributed by atoms with E-state index in [1.54, 1.807) is 48.5 Å². The maximum atomic E-state index is 12.0. The fraction of sp³-hybridized carbons (Fsp3) is 0.0526. The quantitative estimate of drug-likeness (QED) is 0.480. The van der Waals surface area contributed by atoms with Crippen molar-refractivity contribution in [2.45, 2.75) is 11.8 Å². The Morgan fingerprint density at radius 3 is 1.92 bits per heavy atom. The molecule has 0 atom stereocenters. The van der Waals surface area contributed by atoms with Crippen LogP contribution in [0.15, 0.2) is 77.7 Å². The van der Waals surface area contributed by atoms with Crippen LogP contribution in [-0.2, 0) is 10.1 Å². The molecule has 0 fully saturated rings. The van der Waals surface area contributed by atoms with E-state index in [2.05, 4.69) is 0 Å². The fourth-order valence-corrected chi connectivity index (χ4v) is 2.89. The van der Waals surface area contributed by atoms with Crippen LogP contribution in [0.3, 0.4) is 0 Å². The zero-order valence-electron chi connectivity index (χ0n) is 14.2. The third-order valence-corrected chi connectivity index (χ3v) is 4.51. The second-order valence-electron chi connectivity index (χ2n) is 5.52. The lowest BCUT2D eigenvalue weighted by Crippen LogP contribution is -2.09. The number of anilines is 2. The molecule has 136 valence electrons. The molecular formula is C19H20N2O4S. The minimum Gasteiger partial charge on any atom is -0.508 e. The van der Waals surface area contributed by atoms with Crippen molar-refractivity contribution >= 4 is 21.5 Å². The Morgan fingerprint density at radius 2 is 1.42 bits per heavy atom. The van der Waals surface area contributed by atoms with Gasteiger partial charge in [-0.3, -0.25) is 0 Å². The number of rotatable bonds is 3. The van der Waals surface area contributed by atoms with Crippen molar-refractivity contribution in [2.24, 2.45) is 0 Å². The Balaban J connectivity index is 0.000000254. The molecule has 0 aliphatic heterocycles. The maximum absolute atomic E-state index is 12.0. The second kappa shape index (κ2) is 8.26. The normalized spacial score (nSPS) is 10.5. The van der Waals surface area contributed by atoms with E-state index < -0.39 is 10.1 Å². The number of nitrogen functional groups attached to an aromatic ring is 2. The summed E-state index contributed by atoms with van der Waals surface area (Å²) >= 11 is 0. The van der Waals surface area contributed by atoms with Crippen LogP contribution in [0.5, 0.6) is 11.5 Å². The Kier molecular flexibility index (Phi) is 6.08. The van der Waals surface area contributed by atoms with E-state index in [9.17, 15) is 8.42 Å². The SMILES string of the molecule is Cc1ccc(S(=O)(=O)Oc2cccc(N)c2)cc1.Nc1cccc(O)c1. The second-order valence-corrected chi connectivity index (χ2v) is 7.06. The highest BCUT2D eigenvalue weighted by Gasteiger charge is 2.16. The largest absolute Gasteiger partial charge is 0.508 e. The summed E-state index contributed by atoms with van der Waals surface area (Å²) in [6, 6.07) is 19.3. The monoisotopic (exact) mass is 372 g/mol. The summed E-state index contributed by atoms with van der Waals surface area (Å²) < 4.78 is 28.9. The lowest BCUT2D eigenvalue weighted by molar-refractivity contribution is 0.475. The van der Waals surface area contributed by atoms with Gasteiger partial charge in [0.2, 0.25) is 0 Å². The molecule has 0 aromatic heterocycles. The standard InChI is InChI=1S/C13H13NO3S.C6H7NO/c1-10-5-7-13(8-6-10)18(15,16)17-12-4-2-3-11(14)9-12;7-5-2-1-3-6(8)4-5/h2-9H,14H2,1H3;1-4,8H,7H2. The molecule has 0 amide bonds. The number of aryl methyl sites for hydroxylation is 1. The van der Waals surface area contributed by atoms with E-state index in [-0.39, 0.29) is 16.4 Å². The lowest BCUT2D eigenvalue weighted by Gasteiger charge is -2.07. The van der Waals surface area contributed by atoms with Crippen LogP contribution in [0, 0.1) is 6.92 Å². The van der Waals surface area contributed by atoms with Gasteiger partial charge in [0, 0.05) is 23.5 Å². The molecule has 7 heteroatoms. The topological polar surface area (TPSA) is 116 Å². The third kappa shape index (κ3) is 5.71. The molecule has 0 saturated heterocycles. The highest BCUT2D eigenvalue weighted by Crippen LogP contribution is 2.20. The van der Waals surface area contributed by atoms with Crippen LogP contribution in [-0.4, -0.2) is 13.5 Å². The first-order chi connectivity index (χ1) is 12.3. The Bertz CT molecular complexity index is 954. The van der Waals surface area contributed by atoms with Gasteiger partial charge in [0.15, 0.2) is 0 Å². The first-order valence-corrected chi connectivity index (χ1v) is 9.08. The number of phenolic OH excluding ortho intramolecular Hbond substituents is 1. The molecule has 3 rings (SSSR count). The molecule has 0 heterocycles. The summed E-state index contributed by atoms with van der Waals surface area (Å²) in [7, 11) is -3.80. The van der Waals surface area contributed by atoms with Gasteiger partial charge in [-0.05, 0) is 43.3 Å². The lowest BCUT2D eigenvalue weighted by atomic mass is 10.2. The molecule has 0 spiro atoms. The molecule has 0 radical (unpaired) electrons. The Hall–Kier alpha value is -3.19. The summed E-state index contributed by atoms with van der Waals surface area (Å²) in [5.74, 6) is 0.417. The van der Waals surface area contributed by atoms with Crippen LogP contribution in [0.4, 0.5) is 11.4 Å². The van der Waals surface area contributed by atoms with E-state index in [1.807, 2.05) is 6.92 Å². The van der Waals surface area contributed by atoms with Crippen molar-refractivity contribution in [1.29, 1.82) is 0 Å². The minimum absolute atomic E-state index is 0.121. The van der Waals surface area contributed by atoms with E-state index in [0.717, 1.165) is 5.56 Å². The predicted octanol–water partition coefficient (Wildman–Crippen LogP) is 3.32. The molecule has 0 aliphatic carbocycles. The van der Waals surface area contributed by atoms with Gasteiger partial charge in [-0.2, -0.15) is 8.42 Å². The van der Waals surface area contributed by atoms with Gasteiger partial charge in [0.1, 0.15) is 16.4 Å². The molecule has 3 aromatic carbocycles. The van der Waals surface area contributed by atoms with E-state index in [0.29, 0.717) is 11.4 Å². The average Bonchev–Trinajstić information content (AvgIpc) is 2.55. The van der Waals surface area contributed by atoms with E-state index in [1.165, 1.54) is 24.3 Å². The summed E-state index contributed by atoms with van der Waals surface area (Å²) in [6.07, 6.45) is 0. The molecule has 0 unspecified atom stereocenters. The van der Waals surface area contributed by atoms with Gasteiger partial charge in [-0.1, -0.05) is 29.8 Å². The third-order valence-electron chi connectivity index (χ3n) is 3.24. The van der Waals surface area contributed by atoms with Gasteiger partial charge < -0.3 is 20.8 Å². The van der Waals surface area contributed by atoms with Gasteiger partial charge in [0.25, 0.3) is 0 Å². The summed E-state index contributed by atoms with van der Waals surface area (Å²) in [6.45, 7) is 1.88. The number of aromatic hydroxyl groups is 1. The Morgan fingerprint density at radius 1 is 0.846 bits per heavy atom. The summed E-state index contributed by atoms with van der Waals surface area (Å²) in [5, 5.41) is 8.73. The number of phenols is 1. The Labute approximate surface area is 152 Å². The molecule has 26 heavy (non-hydrogen) atoms. The molecule has 0 bridgehead atoms. The number of benzene rings is 3. The van der Waals surface area contributed by atoms with Crippen molar-refractivity contribution in [3.05, 3.63) is 78.4 Å². The van der Waals surface area contributed by atoms with Crippen LogP contribution in [0.25, 0.3) is 0 Å². The van der Waals surface area contributed by atoms with Crippen molar-refractivity contribution in [2.75, 3.05) is 11.5 Å². The van der Waals surface area contributed by atoms with Crippen molar-refractivity contribution in [3.8, 4) is 11.5 Å². The first kappa shape index (κ1) is 19.1.